The van der Waals surface area contributed by atoms with Gasteiger partial charge in [-0.25, -0.2) is 4.79 Å². The van der Waals surface area contributed by atoms with E-state index in [0.29, 0.717) is 12.8 Å². The number of aliphatic hydroxyl groups excluding tert-OH is 1. The van der Waals surface area contributed by atoms with Crippen molar-refractivity contribution in [3.63, 3.8) is 0 Å². The van der Waals surface area contributed by atoms with Crippen LogP contribution in [0.5, 0.6) is 0 Å². The molecular weight excluding hydrogens is 556 g/mol. The van der Waals surface area contributed by atoms with Crippen molar-refractivity contribution in [2.24, 2.45) is 35.5 Å². The number of carbonyl (C=O) groups is 2. The lowest BCUT2D eigenvalue weighted by Crippen LogP contribution is -2.46. The molecule has 7 heteroatoms. The average molecular weight is 615 g/mol. The third-order valence-corrected chi connectivity index (χ3v) is 8.87. The second-order valence-corrected chi connectivity index (χ2v) is 13.6. The predicted octanol–water partition coefficient (Wildman–Crippen LogP) is 7.51. The Labute approximate surface area is 266 Å². The third kappa shape index (κ3) is 12.5. The molecular formula is C37H58O7. The number of ether oxygens (including phenoxy) is 4. The Morgan fingerprint density at radius 1 is 1.05 bits per heavy atom. The molecule has 0 aromatic heterocycles. The summed E-state index contributed by atoms with van der Waals surface area (Å²) < 4.78 is 24.3. The molecule has 0 aromatic rings. The van der Waals surface area contributed by atoms with Gasteiger partial charge in [-0.1, -0.05) is 96.7 Å². The van der Waals surface area contributed by atoms with E-state index in [9.17, 15) is 14.7 Å². The van der Waals surface area contributed by atoms with Crippen LogP contribution in [0.4, 0.5) is 0 Å². The zero-order chi connectivity index (χ0) is 33.0. The molecule has 0 spiro atoms. The van der Waals surface area contributed by atoms with Crippen molar-refractivity contribution in [3.8, 4) is 0 Å². The molecule has 1 N–H and O–H groups in total. The molecule has 0 radical (unpaired) electrons. The van der Waals surface area contributed by atoms with Crippen LogP contribution in [-0.4, -0.2) is 53.4 Å². The fourth-order valence-corrected chi connectivity index (χ4v) is 6.42. The molecule has 0 amide bonds. The molecule has 2 bridgehead atoms. The van der Waals surface area contributed by atoms with E-state index in [1.54, 1.807) is 12.2 Å². The molecule has 248 valence electrons. The number of fused-ring (bicyclic) bond motifs is 2. The van der Waals surface area contributed by atoms with Crippen molar-refractivity contribution in [1.82, 2.24) is 0 Å². The van der Waals surface area contributed by atoms with E-state index in [-0.39, 0.29) is 59.8 Å². The van der Waals surface area contributed by atoms with Crippen LogP contribution >= 0.6 is 0 Å². The van der Waals surface area contributed by atoms with Gasteiger partial charge in [0.15, 0.2) is 5.79 Å². The lowest BCUT2D eigenvalue weighted by molar-refractivity contribution is -0.295. The molecule has 2 heterocycles. The Bertz CT molecular complexity index is 1040. The average Bonchev–Trinajstić information content (AvgIpc) is 2.95. The van der Waals surface area contributed by atoms with Gasteiger partial charge < -0.3 is 24.1 Å². The van der Waals surface area contributed by atoms with E-state index >= 15 is 0 Å². The maximum atomic E-state index is 12.9. The summed E-state index contributed by atoms with van der Waals surface area (Å²) in [5.74, 6) is -1.46. The highest BCUT2D eigenvalue weighted by Gasteiger charge is 2.37. The SMILES string of the molecule is C=C/C=C\[C@H](C)[C@@H]1OC(=O)/C=C\C=C\[C@@H](C)[C@@H]2C[C@@H](/C=C\[C@H](C)[C@H](OC(C)=O)[C@@H](C)C[C@@H](C)CC[C@@H](O)[C@@H]1C)OC(C)(C)O2. The van der Waals surface area contributed by atoms with Crippen molar-refractivity contribution in [2.45, 2.75) is 124 Å². The van der Waals surface area contributed by atoms with Gasteiger partial charge in [0.05, 0.1) is 18.3 Å². The molecule has 0 aliphatic carbocycles. The molecule has 2 aliphatic heterocycles. The highest BCUT2D eigenvalue weighted by atomic mass is 16.7. The van der Waals surface area contributed by atoms with Crippen molar-refractivity contribution in [2.75, 3.05) is 0 Å². The van der Waals surface area contributed by atoms with Crippen LogP contribution in [-0.2, 0) is 28.5 Å². The Morgan fingerprint density at radius 3 is 2.41 bits per heavy atom. The third-order valence-electron chi connectivity index (χ3n) is 8.87. The van der Waals surface area contributed by atoms with Crippen molar-refractivity contribution in [1.29, 1.82) is 0 Å². The number of rotatable bonds is 4. The smallest absolute Gasteiger partial charge is 0.331 e. The summed E-state index contributed by atoms with van der Waals surface area (Å²) in [5.41, 5.74) is 0. The van der Waals surface area contributed by atoms with Crippen LogP contribution in [0.1, 0.15) is 88.0 Å². The van der Waals surface area contributed by atoms with Gasteiger partial charge in [0.1, 0.15) is 12.2 Å². The molecule has 0 saturated carbocycles. The van der Waals surface area contributed by atoms with Crippen LogP contribution in [0.2, 0.25) is 0 Å². The Morgan fingerprint density at radius 2 is 1.75 bits per heavy atom. The van der Waals surface area contributed by atoms with E-state index < -0.39 is 24.0 Å². The number of cyclic esters (lactones) is 1. The molecule has 0 aromatic carbocycles. The molecule has 0 unspecified atom stereocenters. The summed E-state index contributed by atoms with van der Waals surface area (Å²) in [4.78, 5) is 25.0. The second kappa shape index (κ2) is 17.9. The maximum Gasteiger partial charge on any atom is 0.331 e. The summed E-state index contributed by atoms with van der Waals surface area (Å²) in [6, 6.07) is 0. The molecule has 1 fully saturated rings. The predicted molar refractivity (Wildman–Crippen MR) is 175 cm³/mol. The minimum absolute atomic E-state index is 0.0133. The van der Waals surface area contributed by atoms with E-state index in [0.717, 1.165) is 12.8 Å². The zero-order valence-electron chi connectivity index (χ0n) is 28.5. The first-order chi connectivity index (χ1) is 20.6. The Kier molecular flexibility index (Phi) is 15.3. The number of aliphatic hydroxyl groups is 1. The topological polar surface area (TPSA) is 91.3 Å². The molecule has 2 aliphatic rings. The minimum Gasteiger partial charge on any atom is -0.462 e. The second-order valence-electron chi connectivity index (χ2n) is 13.6. The number of hydrogen-bond acceptors (Lipinski definition) is 7. The standard InChI is InChI=1S/C37H58O7/c1-11-12-15-26(4)36-29(7)32(39)21-18-24(2)22-28(6)35(41-30(8)38)27(5)19-20-31-23-33(44-37(9,10)43-31)25(3)16-13-14-17-34(40)42-36/h11-17,19-20,24-29,31-33,35-36,39H,1,18,21-23H2,2-10H3/b15-12-,16-13+,17-14-,20-19-/t24-,25+,26-,27-,28-,29-,31+,32+,33-,35-,36-/m0/s1. The summed E-state index contributed by atoms with van der Waals surface area (Å²) in [6.07, 6.45) is 17.8. The van der Waals surface area contributed by atoms with E-state index in [1.807, 2.05) is 52.0 Å². The van der Waals surface area contributed by atoms with Gasteiger partial charge in [-0.3, -0.25) is 4.79 Å². The molecule has 11 atom stereocenters. The van der Waals surface area contributed by atoms with E-state index in [1.165, 1.54) is 13.0 Å². The van der Waals surface area contributed by atoms with Crippen LogP contribution in [0.3, 0.4) is 0 Å². The minimum atomic E-state index is -0.762. The molecule has 7 nitrogen and oxygen atoms in total. The van der Waals surface area contributed by atoms with Crippen LogP contribution < -0.4 is 0 Å². The largest absolute Gasteiger partial charge is 0.462 e. The number of carbonyl (C=O) groups excluding carboxylic acids is 2. The van der Waals surface area contributed by atoms with Gasteiger partial charge in [0, 0.05) is 43.1 Å². The normalized spacial score (nSPS) is 39.1. The summed E-state index contributed by atoms with van der Waals surface area (Å²) in [5, 5.41) is 11.2. The van der Waals surface area contributed by atoms with Crippen LogP contribution in [0.15, 0.2) is 61.3 Å². The number of esters is 2. The Hall–Kier alpha value is -2.48. The first-order valence-electron chi connectivity index (χ1n) is 16.4. The van der Waals surface area contributed by atoms with Crippen molar-refractivity contribution in [3.05, 3.63) is 61.3 Å². The van der Waals surface area contributed by atoms with Gasteiger partial charge in [0.25, 0.3) is 0 Å². The highest BCUT2D eigenvalue weighted by Crippen LogP contribution is 2.33. The molecule has 44 heavy (non-hydrogen) atoms. The van der Waals surface area contributed by atoms with Gasteiger partial charge in [-0.15, -0.1) is 0 Å². The fourth-order valence-electron chi connectivity index (χ4n) is 6.42. The monoisotopic (exact) mass is 614 g/mol. The number of hydrogen-bond donors (Lipinski definition) is 1. The highest BCUT2D eigenvalue weighted by molar-refractivity contribution is 5.82. The lowest BCUT2D eigenvalue weighted by atomic mass is 9.82. The van der Waals surface area contributed by atoms with Gasteiger partial charge >= 0.3 is 11.9 Å². The van der Waals surface area contributed by atoms with Crippen LogP contribution in [0.25, 0.3) is 0 Å². The Balaban J connectivity index is 2.40. The fraction of sp³-hybridized carbons (Fsp3) is 0.676. The zero-order valence-corrected chi connectivity index (χ0v) is 28.5. The van der Waals surface area contributed by atoms with E-state index in [2.05, 4.69) is 46.4 Å². The maximum absolute atomic E-state index is 12.9. The van der Waals surface area contributed by atoms with Crippen molar-refractivity contribution >= 4 is 11.9 Å². The summed E-state index contributed by atoms with van der Waals surface area (Å²) in [7, 11) is 0. The molecule has 2 rings (SSSR count). The first kappa shape index (κ1) is 37.7. The number of allylic oxidation sites excluding steroid dienone is 4. The first-order valence-corrected chi connectivity index (χ1v) is 16.4. The van der Waals surface area contributed by atoms with E-state index in [4.69, 9.17) is 18.9 Å². The molecule has 1 saturated heterocycles. The van der Waals surface area contributed by atoms with Crippen molar-refractivity contribution < 1.29 is 33.6 Å². The quantitative estimate of drug-likeness (QED) is 0.199. The van der Waals surface area contributed by atoms with Gasteiger partial charge in [-0.2, -0.15) is 0 Å². The summed E-state index contributed by atoms with van der Waals surface area (Å²) >= 11 is 0. The van der Waals surface area contributed by atoms with Crippen LogP contribution in [0, 0.1) is 35.5 Å². The lowest BCUT2D eigenvalue weighted by Gasteiger charge is -2.41. The van der Waals surface area contributed by atoms with Gasteiger partial charge in [-0.05, 0) is 44.9 Å². The summed E-state index contributed by atoms with van der Waals surface area (Å²) in [6.45, 7) is 21.4. The van der Waals surface area contributed by atoms with Gasteiger partial charge in [0.2, 0.25) is 0 Å².